The molecule has 0 bridgehead atoms. The number of nitro groups is 1. The van der Waals surface area contributed by atoms with Crippen LogP contribution in [0.4, 0.5) is 5.69 Å². The standard InChI is InChI=1S/C19H24ClN5O5/c1-3-23-17(21-24(19(23)27)10-11-30-2)13-6-8-22(9-7-13)18(26)14-4-5-15(20)16(12-14)25(28)29/h4-5,12-13H,3,6-11H2,1-2H3. The van der Waals surface area contributed by atoms with Crippen molar-refractivity contribution in [1.82, 2.24) is 19.2 Å². The number of hydrogen-bond acceptors (Lipinski definition) is 6. The largest absolute Gasteiger partial charge is 0.383 e. The van der Waals surface area contributed by atoms with Gasteiger partial charge in [0, 0.05) is 44.3 Å². The molecule has 1 aliphatic heterocycles. The molecule has 0 atom stereocenters. The first kappa shape index (κ1) is 22.0. The molecule has 162 valence electrons. The Bertz CT molecular complexity index is 994. The van der Waals surface area contributed by atoms with Crippen molar-refractivity contribution < 1.29 is 14.5 Å². The molecule has 1 aliphatic rings. The van der Waals surface area contributed by atoms with Crippen LogP contribution < -0.4 is 5.69 Å². The van der Waals surface area contributed by atoms with Crippen molar-refractivity contribution in [2.45, 2.75) is 38.8 Å². The second-order valence-electron chi connectivity index (χ2n) is 7.09. The molecule has 2 heterocycles. The fourth-order valence-electron chi connectivity index (χ4n) is 3.69. The van der Waals surface area contributed by atoms with Crippen molar-refractivity contribution in [2.75, 3.05) is 26.8 Å². The minimum absolute atomic E-state index is 0.00291. The van der Waals surface area contributed by atoms with Gasteiger partial charge in [-0.05, 0) is 31.9 Å². The molecule has 0 unspecified atom stereocenters. The smallest absolute Gasteiger partial charge is 0.345 e. The molecular weight excluding hydrogens is 414 g/mol. The number of benzene rings is 1. The van der Waals surface area contributed by atoms with Gasteiger partial charge in [0.25, 0.3) is 11.6 Å². The van der Waals surface area contributed by atoms with Gasteiger partial charge < -0.3 is 9.64 Å². The van der Waals surface area contributed by atoms with Crippen LogP contribution in [-0.4, -0.2) is 56.9 Å². The summed E-state index contributed by atoms with van der Waals surface area (Å²) in [5.41, 5.74) is -0.207. The Morgan fingerprint density at radius 2 is 2.07 bits per heavy atom. The molecule has 3 rings (SSSR count). The highest BCUT2D eigenvalue weighted by Crippen LogP contribution is 2.29. The number of halogens is 1. The van der Waals surface area contributed by atoms with Crippen LogP contribution in [0.2, 0.25) is 5.02 Å². The van der Waals surface area contributed by atoms with E-state index in [0.29, 0.717) is 45.6 Å². The summed E-state index contributed by atoms with van der Waals surface area (Å²) in [5, 5.41) is 15.6. The lowest BCUT2D eigenvalue weighted by Gasteiger charge is -2.31. The Kier molecular flexibility index (Phi) is 6.88. The monoisotopic (exact) mass is 437 g/mol. The van der Waals surface area contributed by atoms with Crippen molar-refractivity contribution >= 4 is 23.2 Å². The van der Waals surface area contributed by atoms with Gasteiger partial charge in [0.05, 0.1) is 18.1 Å². The highest BCUT2D eigenvalue weighted by molar-refractivity contribution is 6.32. The molecule has 30 heavy (non-hydrogen) atoms. The summed E-state index contributed by atoms with van der Waals surface area (Å²) in [6, 6.07) is 4.07. The number of aromatic nitrogens is 3. The van der Waals surface area contributed by atoms with Crippen molar-refractivity contribution in [2.24, 2.45) is 0 Å². The zero-order valence-electron chi connectivity index (χ0n) is 16.9. The number of carbonyl (C=O) groups is 1. The topological polar surface area (TPSA) is 112 Å². The van der Waals surface area contributed by atoms with Crippen LogP contribution in [0.3, 0.4) is 0 Å². The van der Waals surface area contributed by atoms with E-state index in [9.17, 15) is 19.7 Å². The van der Waals surface area contributed by atoms with Crippen LogP contribution >= 0.6 is 11.6 Å². The number of nitro benzene ring substituents is 1. The van der Waals surface area contributed by atoms with Gasteiger partial charge in [-0.3, -0.25) is 19.5 Å². The first-order chi connectivity index (χ1) is 14.4. The van der Waals surface area contributed by atoms with E-state index < -0.39 is 4.92 Å². The van der Waals surface area contributed by atoms with Crippen molar-refractivity contribution in [3.8, 4) is 0 Å². The predicted molar refractivity (Wildman–Crippen MR) is 110 cm³/mol. The maximum atomic E-state index is 12.8. The number of rotatable bonds is 7. The van der Waals surface area contributed by atoms with E-state index in [2.05, 4.69) is 5.10 Å². The number of nitrogens with zero attached hydrogens (tertiary/aromatic N) is 5. The Balaban J connectivity index is 1.72. The van der Waals surface area contributed by atoms with Gasteiger partial charge in [-0.15, -0.1) is 0 Å². The van der Waals surface area contributed by atoms with Crippen LogP contribution in [-0.2, 0) is 17.8 Å². The maximum absolute atomic E-state index is 12.8. The third-order valence-electron chi connectivity index (χ3n) is 5.31. The lowest BCUT2D eigenvalue weighted by Crippen LogP contribution is -2.38. The molecule has 1 aromatic carbocycles. The molecule has 10 nitrogen and oxygen atoms in total. The molecule has 0 N–H and O–H groups in total. The van der Waals surface area contributed by atoms with E-state index in [0.717, 1.165) is 5.82 Å². The number of likely N-dealkylation sites (tertiary alicyclic amines) is 1. The van der Waals surface area contributed by atoms with Crippen molar-refractivity contribution in [3.05, 3.63) is 55.2 Å². The fourth-order valence-corrected chi connectivity index (χ4v) is 3.88. The molecule has 1 saturated heterocycles. The molecular formula is C19H24ClN5O5. The van der Waals surface area contributed by atoms with Gasteiger partial charge in [0.1, 0.15) is 10.8 Å². The van der Waals surface area contributed by atoms with E-state index in [1.165, 1.54) is 22.9 Å². The van der Waals surface area contributed by atoms with Crippen molar-refractivity contribution in [3.63, 3.8) is 0 Å². The maximum Gasteiger partial charge on any atom is 0.345 e. The fraction of sp³-hybridized carbons (Fsp3) is 0.526. The van der Waals surface area contributed by atoms with Crippen molar-refractivity contribution in [1.29, 1.82) is 0 Å². The summed E-state index contributed by atoms with van der Waals surface area (Å²) in [5.74, 6) is 0.518. The molecule has 0 aliphatic carbocycles. The van der Waals surface area contributed by atoms with Crippen LogP contribution in [0.25, 0.3) is 0 Å². The summed E-state index contributed by atoms with van der Waals surface area (Å²) in [6.45, 7) is 4.17. The number of carbonyl (C=O) groups excluding carboxylic acids is 1. The molecule has 0 saturated carbocycles. The summed E-state index contributed by atoms with van der Waals surface area (Å²) in [7, 11) is 1.57. The van der Waals surface area contributed by atoms with Gasteiger partial charge >= 0.3 is 5.69 Å². The summed E-state index contributed by atoms with van der Waals surface area (Å²) in [6.07, 6.45) is 1.31. The predicted octanol–water partition coefficient (Wildman–Crippen LogP) is 2.29. The zero-order valence-corrected chi connectivity index (χ0v) is 17.7. The summed E-state index contributed by atoms with van der Waals surface area (Å²) in [4.78, 5) is 37.5. The quantitative estimate of drug-likeness (QED) is 0.485. The van der Waals surface area contributed by atoms with Gasteiger partial charge in [-0.25, -0.2) is 9.48 Å². The van der Waals surface area contributed by atoms with Gasteiger partial charge in [0.15, 0.2) is 0 Å². The van der Waals surface area contributed by atoms with Gasteiger partial charge in [-0.2, -0.15) is 5.10 Å². The first-order valence-corrected chi connectivity index (χ1v) is 10.1. The summed E-state index contributed by atoms with van der Waals surface area (Å²) >= 11 is 5.83. The molecule has 11 heteroatoms. The SMILES string of the molecule is CCn1c(C2CCN(C(=O)c3ccc(Cl)c([N+](=O)[O-])c3)CC2)nn(CCOC)c1=O. The Morgan fingerprint density at radius 1 is 1.37 bits per heavy atom. The average molecular weight is 438 g/mol. The molecule has 1 fully saturated rings. The highest BCUT2D eigenvalue weighted by Gasteiger charge is 2.29. The highest BCUT2D eigenvalue weighted by atomic mass is 35.5. The first-order valence-electron chi connectivity index (χ1n) is 9.77. The lowest BCUT2D eigenvalue weighted by atomic mass is 9.95. The van der Waals surface area contributed by atoms with E-state index in [-0.39, 0.29) is 33.8 Å². The average Bonchev–Trinajstić information content (AvgIpc) is 3.07. The second kappa shape index (κ2) is 9.40. The molecule has 1 aromatic heterocycles. The molecule has 0 radical (unpaired) electrons. The van der Waals surface area contributed by atoms with Gasteiger partial charge in [0.2, 0.25) is 0 Å². The van der Waals surface area contributed by atoms with E-state index in [4.69, 9.17) is 16.3 Å². The van der Waals surface area contributed by atoms with Crippen LogP contribution in [0, 0.1) is 10.1 Å². The zero-order chi connectivity index (χ0) is 21.8. The number of methoxy groups -OCH3 is 1. The minimum atomic E-state index is -0.602. The Labute approximate surface area is 178 Å². The number of hydrogen-bond donors (Lipinski definition) is 0. The van der Waals surface area contributed by atoms with Crippen LogP contribution in [0.5, 0.6) is 0 Å². The summed E-state index contributed by atoms with van der Waals surface area (Å²) < 4.78 is 8.13. The Hall–Kier alpha value is -2.72. The molecule has 1 amide bonds. The third kappa shape index (κ3) is 4.39. The van der Waals surface area contributed by atoms with Crippen LogP contribution in [0.15, 0.2) is 23.0 Å². The van der Waals surface area contributed by atoms with Gasteiger partial charge in [-0.1, -0.05) is 11.6 Å². The van der Waals surface area contributed by atoms with E-state index >= 15 is 0 Å². The van der Waals surface area contributed by atoms with E-state index in [1.54, 1.807) is 16.6 Å². The third-order valence-corrected chi connectivity index (χ3v) is 5.63. The Morgan fingerprint density at radius 3 is 2.67 bits per heavy atom. The number of ether oxygens (including phenoxy) is 1. The number of piperidine rings is 1. The van der Waals surface area contributed by atoms with E-state index in [1.807, 2.05) is 6.92 Å². The van der Waals surface area contributed by atoms with Crippen LogP contribution in [0.1, 0.15) is 41.9 Å². The minimum Gasteiger partial charge on any atom is -0.383 e. The molecule has 2 aromatic rings. The lowest BCUT2D eigenvalue weighted by molar-refractivity contribution is -0.384. The number of amides is 1. The molecule has 0 spiro atoms. The second-order valence-corrected chi connectivity index (χ2v) is 7.50. The normalized spacial score (nSPS) is 14.8.